The van der Waals surface area contributed by atoms with Crippen molar-refractivity contribution in [2.45, 2.75) is 13.8 Å². The van der Waals surface area contributed by atoms with Gasteiger partial charge in [0.2, 0.25) is 0 Å². The van der Waals surface area contributed by atoms with E-state index in [0.717, 1.165) is 5.56 Å². The van der Waals surface area contributed by atoms with E-state index < -0.39 is 5.97 Å². The molecular formula is C9H13NO3. The third kappa shape index (κ3) is 3.57. The van der Waals surface area contributed by atoms with Gasteiger partial charge in [-0.25, -0.2) is 4.79 Å². The van der Waals surface area contributed by atoms with Crippen LogP contribution in [-0.2, 0) is 9.68 Å². The predicted octanol–water partition coefficient (Wildman–Crippen LogP) is 2.01. The molecule has 0 aliphatic heterocycles. The Bertz CT molecular complexity index is 286. The molecule has 0 atom stereocenters. The van der Waals surface area contributed by atoms with Gasteiger partial charge in [0.05, 0.1) is 0 Å². The van der Waals surface area contributed by atoms with Gasteiger partial charge in [-0.1, -0.05) is 18.2 Å². The topological polar surface area (TPSA) is 70.5 Å². The standard InChI is InChI=1S/C9H10O3.H3N/c1-7-5-3-4-6-9(7)12-11-8(2)10;/h3-6H,1-2H3;1H3. The van der Waals surface area contributed by atoms with Crippen LogP contribution in [-0.4, -0.2) is 5.97 Å². The number of carbonyl (C=O) groups is 1. The minimum absolute atomic E-state index is 0. The summed E-state index contributed by atoms with van der Waals surface area (Å²) in [5.74, 6) is 0.103. The van der Waals surface area contributed by atoms with Gasteiger partial charge in [0.1, 0.15) is 0 Å². The molecule has 72 valence electrons. The Balaban J connectivity index is 0.00000144. The Morgan fingerprint density at radius 3 is 2.46 bits per heavy atom. The van der Waals surface area contributed by atoms with Crippen molar-refractivity contribution in [1.82, 2.24) is 6.15 Å². The highest BCUT2D eigenvalue weighted by Crippen LogP contribution is 2.15. The summed E-state index contributed by atoms with van der Waals surface area (Å²) in [5, 5.41) is 0. The van der Waals surface area contributed by atoms with Crippen LogP contribution in [0.2, 0.25) is 0 Å². The Morgan fingerprint density at radius 2 is 1.92 bits per heavy atom. The number of para-hydroxylation sites is 1. The van der Waals surface area contributed by atoms with E-state index in [9.17, 15) is 4.79 Å². The molecule has 3 N–H and O–H groups in total. The zero-order chi connectivity index (χ0) is 8.97. The van der Waals surface area contributed by atoms with Crippen LogP contribution in [0.5, 0.6) is 5.75 Å². The van der Waals surface area contributed by atoms with Crippen LogP contribution in [0.25, 0.3) is 0 Å². The lowest BCUT2D eigenvalue weighted by Crippen LogP contribution is -2.03. The first kappa shape index (κ1) is 11.4. The van der Waals surface area contributed by atoms with Crippen LogP contribution in [0.4, 0.5) is 0 Å². The molecule has 0 aliphatic rings. The summed E-state index contributed by atoms with van der Waals surface area (Å²) in [6, 6.07) is 7.30. The van der Waals surface area contributed by atoms with Crippen LogP contribution < -0.4 is 11.0 Å². The van der Waals surface area contributed by atoms with Gasteiger partial charge in [-0.15, -0.1) is 0 Å². The van der Waals surface area contributed by atoms with E-state index >= 15 is 0 Å². The average Bonchev–Trinajstić information content (AvgIpc) is 2.03. The second-order valence-corrected chi connectivity index (χ2v) is 2.42. The van der Waals surface area contributed by atoms with Gasteiger partial charge < -0.3 is 6.15 Å². The number of hydrogen-bond acceptors (Lipinski definition) is 4. The zero-order valence-corrected chi connectivity index (χ0v) is 7.74. The molecule has 0 aliphatic carbocycles. The van der Waals surface area contributed by atoms with Gasteiger partial charge in [0, 0.05) is 6.92 Å². The lowest BCUT2D eigenvalue weighted by molar-refractivity contribution is -0.211. The Kier molecular flexibility index (Phi) is 4.54. The molecule has 0 heterocycles. The average molecular weight is 183 g/mol. The van der Waals surface area contributed by atoms with E-state index in [1.54, 1.807) is 6.07 Å². The minimum atomic E-state index is -0.460. The second kappa shape index (κ2) is 5.16. The van der Waals surface area contributed by atoms with Crippen molar-refractivity contribution < 1.29 is 14.6 Å². The molecule has 0 saturated carbocycles. The summed E-state index contributed by atoms with van der Waals surface area (Å²) in [6.45, 7) is 3.16. The summed E-state index contributed by atoms with van der Waals surface area (Å²) in [4.78, 5) is 19.5. The molecule has 0 amide bonds. The van der Waals surface area contributed by atoms with Gasteiger partial charge in [0.25, 0.3) is 0 Å². The number of benzene rings is 1. The van der Waals surface area contributed by atoms with Crippen LogP contribution in [0, 0.1) is 6.92 Å². The van der Waals surface area contributed by atoms with E-state index in [4.69, 9.17) is 4.89 Å². The molecule has 0 aromatic heterocycles. The molecule has 13 heavy (non-hydrogen) atoms. The van der Waals surface area contributed by atoms with Crippen molar-refractivity contribution in [2.75, 3.05) is 0 Å². The van der Waals surface area contributed by atoms with Crippen molar-refractivity contribution in [3.8, 4) is 5.75 Å². The highest BCUT2D eigenvalue weighted by Gasteiger charge is 2.00. The quantitative estimate of drug-likeness (QED) is 0.562. The molecular weight excluding hydrogens is 170 g/mol. The van der Waals surface area contributed by atoms with Crippen LogP contribution in [0.3, 0.4) is 0 Å². The van der Waals surface area contributed by atoms with Gasteiger partial charge in [-0.3, -0.25) is 9.78 Å². The monoisotopic (exact) mass is 183 g/mol. The number of hydrogen-bond donors (Lipinski definition) is 1. The van der Waals surface area contributed by atoms with Gasteiger partial charge in [-0.05, 0) is 18.6 Å². The lowest BCUT2D eigenvalue weighted by atomic mass is 10.2. The Morgan fingerprint density at radius 1 is 1.31 bits per heavy atom. The molecule has 0 bridgehead atoms. The van der Waals surface area contributed by atoms with E-state index in [1.807, 2.05) is 25.1 Å². The zero-order valence-electron chi connectivity index (χ0n) is 7.74. The third-order valence-electron chi connectivity index (χ3n) is 1.34. The maximum Gasteiger partial charge on any atom is 0.352 e. The number of carbonyl (C=O) groups excluding carboxylic acids is 1. The van der Waals surface area contributed by atoms with Crippen LogP contribution in [0.1, 0.15) is 12.5 Å². The van der Waals surface area contributed by atoms with Crippen molar-refractivity contribution in [2.24, 2.45) is 0 Å². The Hall–Kier alpha value is -1.55. The highest BCUT2D eigenvalue weighted by atomic mass is 17.2. The molecule has 0 radical (unpaired) electrons. The largest absolute Gasteiger partial charge is 0.352 e. The van der Waals surface area contributed by atoms with Gasteiger partial charge in [0.15, 0.2) is 5.75 Å². The Labute approximate surface area is 77.0 Å². The lowest BCUT2D eigenvalue weighted by Gasteiger charge is -2.03. The van der Waals surface area contributed by atoms with Crippen LogP contribution >= 0.6 is 0 Å². The molecule has 4 nitrogen and oxygen atoms in total. The first-order valence-electron chi connectivity index (χ1n) is 3.61. The van der Waals surface area contributed by atoms with Crippen molar-refractivity contribution in [3.05, 3.63) is 29.8 Å². The van der Waals surface area contributed by atoms with E-state index in [0.29, 0.717) is 5.75 Å². The summed E-state index contributed by atoms with van der Waals surface area (Å²) < 4.78 is 0. The SMILES string of the molecule is CC(=O)OOc1ccccc1C.N. The van der Waals surface area contributed by atoms with Crippen LogP contribution in [0.15, 0.2) is 24.3 Å². The first-order chi connectivity index (χ1) is 5.70. The minimum Gasteiger partial charge on any atom is -0.344 e. The number of aryl methyl sites for hydroxylation is 1. The molecule has 1 rings (SSSR count). The van der Waals surface area contributed by atoms with Crippen molar-refractivity contribution in [1.29, 1.82) is 0 Å². The maximum absolute atomic E-state index is 10.4. The fourth-order valence-corrected chi connectivity index (χ4v) is 0.753. The molecule has 0 spiro atoms. The first-order valence-corrected chi connectivity index (χ1v) is 3.61. The summed E-state index contributed by atoms with van der Waals surface area (Å²) >= 11 is 0. The summed E-state index contributed by atoms with van der Waals surface area (Å²) in [7, 11) is 0. The summed E-state index contributed by atoms with van der Waals surface area (Å²) in [6.07, 6.45) is 0. The van der Waals surface area contributed by atoms with Gasteiger partial charge >= 0.3 is 5.97 Å². The summed E-state index contributed by atoms with van der Waals surface area (Å²) in [5.41, 5.74) is 0.929. The second-order valence-electron chi connectivity index (χ2n) is 2.42. The maximum atomic E-state index is 10.4. The van der Waals surface area contributed by atoms with E-state index in [2.05, 4.69) is 4.89 Å². The fourth-order valence-electron chi connectivity index (χ4n) is 0.753. The van der Waals surface area contributed by atoms with E-state index in [-0.39, 0.29) is 6.15 Å². The molecule has 1 aromatic carbocycles. The number of rotatable bonds is 2. The molecule has 4 heteroatoms. The molecule has 0 unspecified atom stereocenters. The smallest absolute Gasteiger partial charge is 0.344 e. The third-order valence-corrected chi connectivity index (χ3v) is 1.34. The molecule has 1 aromatic rings. The normalized spacial score (nSPS) is 8.46. The fraction of sp³-hybridized carbons (Fsp3) is 0.222. The highest BCUT2D eigenvalue weighted by molar-refractivity contribution is 5.65. The predicted molar refractivity (Wildman–Crippen MR) is 48.6 cm³/mol. The van der Waals surface area contributed by atoms with Gasteiger partial charge in [-0.2, -0.15) is 0 Å². The van der Waals surface area contributed by atoms with E-state index in [1.165, 1.54) is 6.92 Å². The molecule has 0 fully saturated rings. The molecule has 0 saturated heterocycles. The van der Waals surface area contributed by atoms with Crippen molar-refractivity contribution >= 4 is 5.97 Å². The van der Waals surface area contributed by atoms with Crippen molar-refractivity contribution in [3.63, 3.8) is 0 Å².